The van der Waals surface area contributed by atoms with E-state index in [-0.39, 0.29) is 11.2 Å². The molecule has 118 valence electrons. The molecular formula is C15H28O5. The van der Waals surface area contributed by atoms with Gasteiger partial charge in [-0.25, -0.2) is 10.1 Å². The van der Waals surface area contributed by atoms with Crippen molar-refractivity contribution in [2.24, 2.45) is 10.8 Å². The maximum absolute atomic E-state index is 11.7. The summed E-state index contributed by atoms with van der Waals surface area (Å²) in [5.74, 6) is -0.406. The fourth-order valence-corrected chi connectivity index (χ4v) is 1.92. The molecule has 0 rings (SSSR count). The maximum Gasteiger partial charge on any atom is 0.351 e. The van der Waals surface area contributed by atoms with Crippen LogP contribution < -0.4 is 0 Å². The molecular weight excluding hydrogens is 260 g/mol. The Bertz CT molecular complexity index is 315. The van der Waals surface area contributed by atoms with Crippen LogP contribution in [0, 0.1) is 10.8 Å². The normalized spacial score (nSPS) is 12.3. The molecule has 0 saturated heterocycles. The Morgan fingerprint density at radius 2 is 1.45 bits per heavy atom. The van der Waals surface area contributed by atoms with Crippen LogP contribution in [0.3, 0.4) is 0 Å². The summed E-state index contributed by atoms with van der Waals surface area (Å²) in [7, 11) is 0. The van der Waals surface area contributed by atoms with Crippen LogP contribution in [0.15, 0.2) is 0 Å². The van der Waals surface area contributed by atoms with Gasteiger partial charge in [-0.1, -0.05) is 20.8 Å². The number of Topliss-reactive ketones (excluding diaryl/α,β-unsaturated/α-hetero) is 1. The van der Waals surface area contributed by atoms with Gasteiger partial charge in [0.1, 0.15) is 5.78 Å². The monoisotopic (exact) mass is 288 g/mol. The highest BCUT2D eigenvalue weighted by molar-refractivity contribution is 5.78. The Morgan fingerprint density at radius 1 is 0.950 bits per heavy atom. The molecule has 0 spiro atoms. The van der Waals surface area contributed by atoms with Crippen molar-refractivity contribution in [3.8, 4) is 0 Å². The molecule has 5 heteroatoms. The van der Waals surface area contributed by atoms with Gasteiger partial charge >= 0.3 is 5.97 Å². The van der Waals surface area contributed by atoms with Crippen LogP contribution in [-0.4, -0.2) is 17.0 Å². The van der Waals surface area contributed by atoms with Gasteiger partial charge in [0.2, 0.25) is 0 Å². The van der Waals surface area contributed by atoms with E-state index in [1.54, 1.807) is 13.8 Å². The Balaban J connectivity index is 3.88. The Kier molecular flexibility index (Phi) is 7.98. The molecule has 0 aromatic heterocycles. The molecule has 0 radical (unpaired) electrons. The van der Waals surface area contributed by atoms with Crippen LogP contribution >= 0.6 is 0 Å². The average Bonchev–Trinajstić information content (AvgIpc) is 2.27. The van der Waals surface area contributed by atoms with E-state index in [0.717, 1.165) is 12.8 Å². The summed E-state index contributed by atoms with van der Waals surface area (Å²) in [4.78, 5) is 27.3. The summed E-state index contributed by atoms with van der Waals surface area (Å²) in [6.07, 6.45) is 4.15. The third-order valence-electron chi connectivity index (χ3n) is 3.31. The van der Waals surface area contributed by atoms with Crippen LogP contribution in [0.5, 0.6) is 0 Å². The molecule has 0 aromatic carbocycles. The highest BCUT2D eigenvalue weighted by Gasteiger charge is 2.30. The second-order valence-electron chi connectivity index (χ2n) is 7.14. The van der Waals surface area contributed by atoms with E-state index in [0.29, 0.717) is 25.7 Å². The van der Waals surface area contributed by atoms with Gasteiger partial charge < -0.3 is 0 Å². The zero-order chi connectivity index (χ0) is 15.8. The van der Waals surface area contributed by atoms with E-state index in [9.17, 15) is 9.59 Å². The quantitative estimate of drug-likeness (QED) is 0.514. The molecule has 0 bridgehead atoms. The summed E-state index contributed by atoms with van der Waals surface area (Å²) < 4.78 is 0. The van der Waals surface area contributed by atoms with Crippen LogP contribution in [-0.2, 0) is 19.5 Å². The smallest absolute Gasteiger partial charge is 0.300 e. The summed E-state index contributed by atoms with van der Waals surface area (Å²) in [5.41, 5.74) is -0.509. The standard InChI is InChI=1S/C15H28O5/c1-14(2,3)10-6-8-12(16)9-7-11-15(4,5)13(17)19-20-18/h18H,6-11H2,1-5H3. The van der Waals surface area contributed by atoms with E-state index in [4.69, 9.17) is 5.26 Å². The lowest BCUT2D eigenvalue weighted by molar-refractivity contribution is -0.465. The van der Waals surface area contributed by atoms with Crippen LogP contribution in [0.25, 0.3) is 0 Å². The minimum atomic E-state index is -0.769. The van der Waals surface area contributed by atoms with Gasteiger partial charge in [-0.05, 0) is 50.0 Å². The number of hydrogen-bond acceptors (Lipinski definition) is 5. The van der Waals surface area contributed by atoms with Crippen molar-refractivity contribution < 1.29 is 24.8 Å². The summed E-state index contributed by atoms with van der Waals surface area (Å²) in [6, 6.07) is 0. The maximum atomic E-state index is 11.7. The predicted octanol–water partition coefficient (Wildman–Crippen LogP) is 3.92. The van der Waals surface area contributed by atoms with Gasteiger partial charge in [-0.2, -0.15) is 0 Å². The van der Waals surface area contributed by atoms with Gasteiger partial charge in [0, 0.05) is 12.8 Å². The molecule has 0 atom stereocenters. The Hall–Kier alpha value is -0.940. The van der Waals surface area contributed by atoms with Crippen LogP contribution in [0.2, 0.25) is 0 Å². The topological polar surface area (TPSA) is 72.8 Å². The summed E-state index contributed by atoms with van der Waals surface area (Å²) in [5, 5.41) is 11.5. The van der Waals surface area contributed by atoms with Crippen molar-refractivity contribution in [2.75, 3.05) is 0 Å². The first-order valence-electron chi connectivity index (χ1n) is 7.13. The van der Waals surface area contributed by atoms with Gasteiger partial charge in [0.15, 0.2) is 0 Å². The zero-order valence-corrected chi connectivity index (χ0v) is 13.3. The number of rotatable bonds is 9. The van der Waals surface area contributed by atoms with Crippen molar-refractivity contribution in [3.63, 3.8) is 0 Å². The molecule has 0 heterocycles. The predicted molar refractivity (Wildman–Crippen MR) is 75.8 cm³/mol. The number of carbonyl (C=O) groups is 2. The lowest BCUT2D eigenvalue weighted by Gasteiger charge is -2.20. The second-order valence-corrected chi connectivity index (χ2v) is 7.14. The lowest BCUT2D eigenvalue weighted by Crippen LogP contribution is -2.26. The lowest BCUT2D eigenvalue weighted by atomic mass is 9.86. The van der Waals surface area contributed by atoms with Crippen LogP contribution in [0.1, 0.15) is 73.1 Å². The second kappa shape index (κ2) is 8.37. The largest absolute Gasteiger partial charge is 0.351 e. The summed E-state index contributed by atoms with van der Waals surface area (Å²) >= 11 is 0. The minimum Gasteiger partial charge on any atom is -0.300 e. The SMILES string of the molecule is CC(C)(C)CCCC(=O)CCCC(C)(C)C(=O)OOO. The van der Waals surface area contributed by atoms with Gasteiger partial charge in [0.05, 0.1) is 5.41 Å². The number of ketones is 1. The van der Waals surface area contributed by atoms with E-state index >= 15 is 0 Å². The third kappa shape index (κ3) is 9.04. The molecule has 0 aliphatic heterocycles. The summed E-state index contributed by atoms with van der Waals surface area (Å²) in [6.45, 7) is 9.87. The van der Waals surface area contributed by atoms with Crippen molar-refractivity contribution in [1.82, 2.24) is 0 Å². The average molecular weight is 288 g/mol. The number of hydrogen-bond donors (Lipinski definition) is 1. The van der Waals surface area contributed by atoms with E-state index in [2.05, 4.69) is 30.7 Å². The first kappa shape index (κ1) is 19.1. The van der Waals surface area contributed by atoms with Crippen molar-refractivity contribution >= 4 is 11.8 Å². The van der Waals surface area contributed by atoms with Crippen molar-refractivity contribution in [3.05, 3.63) is 0 Å². The molecule has 0 amide bonds. The zero-order valence-electron chi connectivity index (χ0n) is 13.3. The highest BCUT2D eigenvalue weighted by Crippen LogP contribution is 2.26. The highest BCUT2D eigenvalue weighted by atomic mass is 17.5. The van der Waals surface area contributed by atoms with Crippen molar-refractivity contribution in [2.45, 2.75) is 73.1 Å². The number of carbonyl (C=O) groups excluding carboxylic acids is 2. The molecule has 0 aliphatic rings. The minimum absolute atomic E-state index is 0.233. The van der Waals surface area contributed by atoms with Crippen LogP contribution in [0.4, 0.5) is 0 Å². The van der Waals surface area contributed by atoms with Gasteiger partial charge in [0.25, 0.3) is 0 Å². The van der Waals surface area contributed by atoms with Gasteiger partial charge in [-0.15, -0.1) is 0 Å². The van der Waals surface area contributed by atoms with Crippen molar-refractivity contribution in [1.29, 1.82) is 0 Å². The molecule has 5 nitrogen and oxygen atoms in total. The van der Waals surface area contributed by atoms with E-state index in [1.807, 2.05) is 0 Å². The van der Waals surface area contributed by atoms with E-state index in [1.165, 1.54) is 0 Å². The molecule has 1 N–H and O–H groups in total. The molecule has 0 unspecified atom stereocenters. The molecule has 0 aromatic rings. The Labute approximate surface area is 121 Å². The molecule has 0 saturated carbocycles. The van der Waals surface area contributed by atoms with E-state index < -0.39 is 11.4 Å². The molecule has 0 fully saturated rings. The fourth-order valence-electron chi connectivity index (χ4n) is 1.92. The molecule has 0 aliphatic carbocycles. The Morgan fingerprint density at radius 3 is 1.90 bits per heavy atom. The van der Waals surface area contributed by atoms with Gasteiger partial charge in [-0.3, -0.25) is 9.68 Å². The first-order chi connectivity index (χ1) is 9.08. The first-order valence-corrected chi connectivity index (χ1v) is 7.13. The molecule has 20 heavy (non-hydrogen) atoms. The third-order valence-corrected chi connectivity index (χ3v) is 3.31. The fraction of sp³-hybridized carbons (Fsp3) is 0.867.